The van der Waals surface area contributed by atoms with Crippen LogP contribution in [0.25, 0.3) is 0 Å². The molecule has 0 saturated heterocycles. The number of rotatable bonds is 5. The zero-order valence-corrected chi connectivity index (χ0v) is 13.1. The molecule has 24 heavy (non-hydrogen) atoms. The highest BCUT2D eigenvalue weighted by Crippen LogP contribution is 2.31. The number of nitro benzene ring substituents is 1. The molecule has 0 saturated carbocycles. The molecule has 0 unspecified atom stereocenters. The fourth-order valence-corrected chi connectivity index (χ4v) is 3.29. The van der Waals surface area contributed by atoms with Gasteiger partial charge in [-0.2, -0.15) is 0 Å². The Balaban J connectivity index is 1.73. The summed E-state index contributed by atoms with van der Waals surface area (Å²) in [5, 5.41) is 11.0. The van der Waals surface area contributed by atoms with Crippen molar-refractivity contribution >= 4 is 29.3 Å². The largest absolute Gasteiger partial charge is 0.282 e. The van der Waals surface area contributed by atoms with Crippen molar-refractivity contribution in [2.45, 2.75) is 4.90 Å². The van der Waals surface area contributed by atoms with Gasteiger partial charge in [-0.05, 0) is 30.3 Å². The summed E-state index contributed by atoms with van der Waals surface area (Å²) in [5.41, 5.74) is -0.459. The van der Waals surface area contributed by atoms with E-state index in [4.69, 9.17) is 0 Å². The van der Waals surface area contributed by atoms with E-state index in [0.717, 1.165) is 9.80 Å². The quantitative estimate of drug-likeness (QED) is 0.360. The van der Waals surface area contributed by atoms with Crippen molar-refractivity contribution in [3.05, 3.63) is 69.5 Å². The molecule has 8 heteroatoms. The predicted octanol–water partition coefficient (Wildman–Crippen LogP) is 3.12. The van der Waals surface area contributed by atoms with E-state index in [-0.39, 0.29) is 29.2 Å². The molecule has 1 aliphatic heterocycles. The first-order valence-electron chi connectivity index (χ1n) is 7.01. The summed E-state index contributed by atoms with van der Waals surface area (Å²) < 4.78 is 12.8. The Morgan fingerprint density at radius 1 is 1.08 bits per heavy atom. The maximum absolute atomic E-state index is 12.8. The summed E-state index contributed by atoms with van der Waals surface area (Å²) >= 11 is 1.36. The molecule has 6 nitrogen and oxygen atoms in total. The number of hydrogen-bond donors (Lipinski definition) is 0. The number of carbonyl (C=O) groups excluding carboxylic acids is 2. The van der Waals surface area contributed by atoms with Crippen molar-refractivity contribution in [1.82, 2.24) is 4.90 Å². The number of amides is 2. The second-order valence-corrected chi connectivity index (χ2v) is 6.19. The molecule has 3 rings (SSSR count). The first-order chi connectivity index (χ1) is 11.5. The fraction of sp³-hybridized carbons (Fsp3) is 0.125. The van der Waals surface area contributed by atoms with Gasteiger partial charge in [0.25, 0.3) is 17.5 Å². The molecule has 0 aromatic heterocycles. The van der Waals surface area contributed by atoms with E-state index in [1.165, 1.54) is 42.1 Å². The van der Waals surface area contributed by atoms with E-state index in [1.807, 2.05) is 0 Å². The highest BCUT2D eigenvalue weighted by Gasteiger charge is 2.40. The first-order valence-corrected chi connectivity index (χ1v) is 7.99. The number of fused-ring (bicyclic) bond motifs is 1. The van der Waals surface area contributed by atoms with Crippen molar-refractivity contribution < 1.29 is 18.9 Å². The van der Waals surface area contributed by atoms with Crippen LogP contribution in [0.5, 0.6) is 0 Å². The molecule has 2 aromatic rings. The number of nitro groups is 1. The Morgan fingerprint density at radius 2 is 1.79 bits per heavy atom. The second-order valence-electron chi connectivity index (χ2n) is 5.02. The lowest BCUT2D eigenvalue weighted by molar-refractivity contribution is -0.385. The lowest BCUT2D eigenvalue weighted by atomic mass is 10.1. The van der Waals surface area contributed by atoms with Gasteiger partial charge < -0.3 is 0 Å². The highest BCUT2D eigenvalue weighted by atomic mass is 32.2. The lowest BCUT2D eigenvalue weighted by Crippen LogP contribution is -2.31. The smallest absolute Gasteiger partial charge is 0.273 e. The summed E-state index contributed by atoms with van der Waals surface area (Å²) in [7, 11) is 0. The van der Waals surface area contributed by atoms with Gasteiger partial charge >= 0.3 is 0 Å². The molecule has 0 fully saturated rings. The minimum absolute atomic E-state index is 0.0565. The number of carbonyl (C=O) groups is 2. The number of halogens is 1. The monoisotopic (exact) mass is 346 g/mol. The molecule has 122 valence electrons. The SMILES string of the molecule is O=C1c2cccc([N+](=O)[O-])c2C(=O)N1CCSc1ccc(F)cc1. The minimum atomic E-state index is -0.666. The van der Waals surface area contributed by atoms with E-state index >= 15 is 0 Å². The van der Waals surface area contributed by atoms with Crippen LogP contribution in [0.4, 0.5) is 10.1 Å². The van der Waals surface area contributed by atoms with Gasteiger partial charge in [0.2, 0.25) is 0 Å². The number of thioether (sulfide) groups is 1. The zero-order valence-electron chi connectivity index (χ0n) is 12.3. The molecular weight excluding hydrogens is 335 g/mol. The molecule has 2 aromatic carbocycles. The molecule has 2 amide bonds. The standard InChI is InChI=1S/C16H11FN2O4S/c17-10-4-6-11(7-5-10)24-9-8-18-15(20)12-2-1-3-13(19(22)23)14(12)16(18)21/h1-7H,8-9H2. The molecule has 1 aliphatic rings. The Bertz CT molecular complexity index is 838. The predicted molar refractivity (Wildman–Crippen MR) is 85.6 cm³/mol. The first kappa shape index (κ1) is 16.1. The van der Waals surface area contributed by atoms with Gasteiger partial charge in [-0.1, -0.05) is 6.07 Å². The Hall–Kier alpha value is -2.74. The molecule has 0 spiro atoms. The minimum Gasteiger partial charge on any atom is -0.273 e. The Kier molecular flexibility index (Phi) is 4.30. The average Bonchev–Trinajstić information content (AvgIpc) is 2.81. The molecular formula is C16H11FN2O4S. The number of hydrogen-bond acceptors (Lipinski definition) is 5. The van der Waals surface area contributed by atoms with E-state index in [0.29, 0.717) is 5.75 Å². The molecule has 0 N–H and O–H groups in total. The Morgan fingerprint density at radius 3 is 2.46 bits per heavy atom. The van der Waals surface area contributed by atoms with Gasteiger partial charge in [-0.3, -0.25) is 24.6 Å². The van der Waals surface area contributed by atoms with Crippen molar-refractivity contribution in [3.8, 4) is 0 Å². The van der Waals surface area contributed by atoms with Crippen LogP contribution >= 0.6 is 11.8 Å². The Labute approximate surface area is 140 Å². The average molecular weight is 346 g/mol. The van der Waals surface area contributed by atoms with Crippen LogP contribution < -0.4 is 0 Å². The summed E-state index contributed by atoms with van der Waals surface area (Å²) in [4.78, 5) is 36.8. The van der Waals surface area contributed by atoms with Gasteiger partial charge in [-0.25, -0.2) is 4.39 Å². The van der Waals surface area contributed by atoms with Crippen LogP contribution in [0.15, 0.2) is 47.4 Å². The second kappa shape index (κ2) is 6.40. The summed E-state index contributed by atoms with van der Waals surface area (Å²) in [5.74, 6) is -1.11. The van der Waals surface area contributed by atoms with Gasteiger partial charge in [-0.15, -0.1) is 11.8 Å². The van der Waals surface area contributed by atoms with Gasteiger partial charge in [0.1, 0.15) is 11.4 Å². The normalized spacial score (nSPS) is 13.3. The van der Waals surface area contributed by atoms with Crippen LogP contribution in [0, 0.1) is 15.9 Å². The van der Waals surface area contributed by atoms with E-state index in [1.54, 1.807) is 12.1 Å². The molecule has 0 aliphatic carbocycles. The third-order valence-electron chi connectivity index (χ3n) is 3.57. The van der Waals surface area contributed by atoms with E-state index in [2.05, 4.69) is 0 Å². The summed E-state index contributed by atoms with van der Waals surface area (Å²) in [6, 6.07) is 9.87. The van der Waals surface area contributed by atoms with Crippen LogP contribution in [-0.2, 0) is 0 Å². The van der Waals surface area contributed by atoms with Crippen LogP contribution in [0.2, 0.25) is 0 Å². The lowest BCUT2D eigenvalue weighted by Gasteiger charge is -2.13. The highest BCUT2D eigenvalue weighted by molar-refractivity contribution is 7.99. The third kappa shape index (κ3) is 2.88. The number of benzene rings is 2. The van der Waals surface area contributed by atoms with Crippen molar-refractivity contribution in [2.24, 2.45) is 0 Å². The molecule has 0 radical (unpaired) electrons. The molecule has 0 bridgehead atoms. The summed E-state index contributed by atoms with van der Waals surface area (Å²) in [6.45, 7) is 0.117. The van der Waals surface area contributed by atoms with Crippen LogP contribution in [0.3, 0.4) is 0 Å². The maximum atomic E-state index is 12.8. The summed E-state index contributed by atoms with van der Waals surface area (Å²) in [6.07, 6.45) is 0. The molecule has 1 heterocycles. The fourth-order valence-electron chi connectivity index (χ4n) is 2.46. The van der Waals surface area contributed by atoms with Gasteiger partial charge in [0, 0.05) is 23.3 Å². The van der Waals surface area contributed by atoms with Gasteiger partial charge in [0.05, 0.1) is 10.5 Å². The third-order valence-corrected chi connectivity index (χ3v) is 4.56. The van der Waals surface area contributed by atoms with Crippen molar-refractivity contribution in [2.75, 3.05) is 12.3 Å². The van der Waals surface area contributed by atoms with Crippen molar-refractivity contribution in [3.63, 3.8) is 0 Å². The van der Waals surface area contributed by atoms with Crippen molar-refractivity contribution in [1.29, 1.82) is 0 Å². The topological polar surface area (TPSA) is 80.5 Å². The zero-order chi connectivity index (χ0) is 17.3. The van der Waals surface area contributed by atoms with Crippen LogP contribution in [0.1, 0.15) is 20.7 Å². The van der Waals surface area contributed by atoms with E-state index < -0.39 is 16.7 Å². The maximum Gasteiger partial charge on any atom is 0.282 e. The number of nitrogens with zero attached hydrogens (tertiary/aromatic N) is 2. The molecule has 0 atom stereocenters. The van der Waals surface area contributed by atoms with E-state index in [9.17, 15) is 24.1 Å². The van der Waals surface area contributed by atoms with Crippen LogP contribution in [-0.4, -0.2) is 33.9 Å². The number of imide groups is 1. The van der Waals surface area contributed by atoms with Gasteiger partial charge in [0.15, 0.2) is 0 Å².